The van der Waals surface area contributed by atoms with Gasteiger partial charge in [0.25, 0.3) is 5.91 Å². The molecule has 0 heterocycles. The predicted octanol–water partition coefficient (Wildman–Crippen LogP) is 0.294. The van der Waals surface area contributed by atoms with Gasteiger partial charge in [-0.1, -0.05) is 6.07 Å². The maximum absolute atomic E-state index is 11.9. The number of primary sulfonamides is 1. The summed E-state index contributed by atoms with van der Waals surface area (Å²) >= 11 is 0. The van der Waals surface area contributed by atoms with Crippen LogP contribution in [0, 0.1) is 13.8 Å². The minimum atomic E-state index is -3.48. The standard InChI is InChI=1S/C12H19N3O3S/c1-8-6-9(2)11(13)7-10(8)12(16)15-4-3-5-19(14,17)18/h6-7H,3-5,13H2,1-2H3,(H,15,16)(H2,14,17,18). The summed E-state index contributed by atoms with van der Waals surface area (Å²) in [6.07, 6.45) is 0.283. The molecule has 0 aromatic heterocycles. The van der Waals surface area contributed by atoms with Gasteiger partial charge in [0.2, 0.25) is 10.0 Å². The van der Waals surface area contributed by atoms with Crippen molar-refractivity contribution in [3.63, 3.8) is 0 Å². The summed E-state index contributed by atoms with van der Waals surface area (Å²) in [7, 11) is -3.48. The van der Waals surface area contributed by atoms with E-state index in [2.05, 4.69) is 5.32 Å². The Kier molecular flexibility index (Phi) is 4.90. The minimum absolute atomic E-state index is 0.150. The number of anilines is 1. The van der Waals surface area contributed by atoms with E-state index in [4.69, 9.17) is 10.9 Å². The average molecular weight is 285 g/mol. The van der Waals surface area contributed by atoms with Crippen LogP contribution in [0.15, 0.2) is 12.1 Å². The SMILES string of the molecule is Cc1cc(C)c(C(=O)NCCCS(N)(=O)=O)cc1N. The number of nitrogens with one attached hydrogen (secondary N) is 1. The lowest BCUT2D eigenvalue weighted by Gasteiger charge is -2.10. The van der Waals surface area contributed by atoms with Gasteiger partial charge >= 0.3 is 0 Å². The molecule has 19 heavy (non-hydrogen) atoms. The third-order valence-corrected chi connectivity index (χ3v) is 3.61. The van der Waals surface area contributed by atoms with Crippen LogP contribution >= 0.6 is 0 Å². The van der Waals surface area contributed by atoms with Gasteiger partial charge in [0.15, 0.2) is 0 Å². The number of rotatable bonds is 5. The van der Waals surface area contributed by atoms with Crippen molar-refractivity contribution in [3.8, 4) is 0 Å². The highest BCUT2D eigenvalue weighted by molar-refractivity contribution is 7.89. The van der Waals surface area contributed by atoms with Gasteiger partial charge in [-0.25, -0.2) is 13.6 Å². The highest BCUT2D eigenvalue weighted by Crippen LogP contribution is 2.17. The van der Waals surface area contributed by atoms with Gasteiger partial charge in [0.05, 0.1) is 5.75 Å². The summed E-state index contributed by atoms with van der Waals surface area (Å²) in [4.78, 5) is 11.9. The third-order valence-electron chi connectivity index (χ3n) is 2.75. The third kappa shape index (κ3) is 4.88. The van der Waals surface area contributed by atoms with Crippen LogP contribution in [-0.4, -0.2) is 26.6 Å². The second kappa shape index (κ2) is 6.03. The van der Waals surface area contributed by atoms with Gasteiger partial charge in [0, 0.05) is 17.8 Å². The molecule has 0 saturated heterocycles. The molecule has 0 aliphatic heterocycles. The van der Waals surface area contributed by atoms with Crippen LogP contribution in [0.1, 0.15) is 27.9 Å². The Labute approximate surface area is 113 Å². The number of amides is 1. The smallest absolute Gasteiger partial charge is 0.251 e. The molecule has 1 aromatic carbocycles. The molecule has 106 valence electrons. The lowest BCUT2D eigenvalue weighted by molar-refractivity contribution is 0.0953. The molecule has 7 heteroatoms. The number of nitrogens with two attached hydrogens (primary N) is 2. The fraction of sp³-hybridized carbons (Fsp3) is 0.417. The second-order valence-electron chi connectivity index (χ2n) is 4.50. The van der Waals surface area contributed by atoms with Crippen molar-refractivity contribution in [2.24, 2.45) is 5.14 Å². The molecule has 0 aliphatic rings. The summed E-state index contributed by atoms with van der Waals surface area (Å²) in [5, 5.41) is 7.51. The molecule has 0 aliphatic carbocycles. The van der Waals surface area contributed by atoms with Crippen molar-refractivity contribution in [2.45, 2.75) is 20.3 Å². The van der Waals surface area contributed by atoms with E-state index < -0.39 is 10.0 Å². The number of hydrogen-bond donors (Lipinski definition) is 3. The van der Waals surface area contributed by atoms with Crippen molar-refractivity contribution >= 4 is 21.6 Å². The Balaban J connectivity index is 2.62. The zero-order valence-corrected chi connectivity index (χ0v) is 11.9. The number of benzene rings is 1. The lowest BCUT2D eigenvalue weighted by Crippen LogP contribution is -2.28. The zero-order valence-electron chi connectivity index (χ0n) is 11.1. The van der Waals surface area contributed by atoms with E-state index in [0.717, 1.165) is 11.1 Å². The molecule has 5 N–H and O–H groups in total. The summed E-state index contributed by atoms with van der Waals surface area (Å²) in [5.41, 5.74) is 8.57. The molecule has 1 rings (SSSR count). The van der Waals surface area contributed by atoms with Crippen LogP contribution in [0.5, 0.6) is 0 Å². The maximum atomic E-state index is 11.9. The second-order valence-corrected chi connectivity index (χ2v) is 6.23. The summed E-state index contributed by atoms with van der Waals surface area (Å²) in [6.45, 7) is 3.95. The molecule has 0 unspecified atom stereocenters. The number of aryl methyl sites for hydroxylation is 2. The van der Waals surface area contributed by atoms with Crippen LogP contribution in [0.25, 0.3) is 0 Å². The molecular weight excluding hydrogens is 266 g/mol. The van der Waals surface area contributed by atoms with Gasteiger partial charge in [0.1, 0.15) is 0 Å². The van der Waals surface area contributed by atoms with E-state index in [-0.39, 0.29) is 24.6 Å². The van der Waals surface area contributed by atoms with E-state index in [1.165, 1.54) is 0 Å². The minimum Gasteiger partial charge on any atom is -0.398 e. The first-order valence-electron chi connectivity index (χ1n) is 5.86. The van der Waals surface area contributed by atoms with Gasteiger partial charge in [-0.15, -0.1) is 0 Å². The quantitative estimate of drug-likeness (QED) is 0.533. The van der Waals surface area contributed by atoms with Gasteiger partial charge in [-0.05, 0) is 37.5 Å². The van der Waals surface area contributed by atoms with Crippen molar-refractivity contribution in [1.29, 1.82) is 0 Å². The molecule has 0 radical (unpaired) electrons. The van der Waals surface area contributed by atoms with Gasteiger partial charge in [-0.2, -0.15) is 0 Å². The first-order chi connectivity index (χ1) is 8.70. The number of carbonyl (C=O) groups is 1. The monoisotopic (exact) mass is 285 g/mol. The number of nitrogen functional groups attached to an aromatic ring is 1. The van der Waals surface area contributed by atoms with E-state index >= 15 is 0 Å². The number of carbonyl (C=O) groups excluding carboxylic acids is 1. The van der Waals surface area contributed by atoms with Crippen LogP contribution in [-0.2, 0) is 10.0 Å². The largest absolute Gasteiger partial charge is 0.398 e. The Bertz CT molecular complexity index is 582. The molecule has 0 bridgehead atoms. The molecule has 0 spiro atoms. The molecule has 6 nitrogen and oxygen atoms in total. The van der Waals surface area contributed by atoms with Gasteiger partial charge in [-0.3, -0.25) is 4.79 Å². The lowest BCUT2D eigenvalue weighted by atomic mass is 10.0. The van der Waals surface area contributed by atoms with Crippen LogP contribution in [0.3, 0.4) is 0 Å². The summed E-state index contributed by atoms with van der Waals surface area (Å²) in [6, 6.07) is 3.47. The number of hydrogen-bond acceptors (Lipinski definition) is 4. The normalized spacial score (nSPS) is 11.3. The van der Waals surface area contributed by atoms with Crippen LogP contribution in [0.4, 0.5) is 5.69 Å². The molecule has 0 atom stereocenters. The van der Waals surface area contributed by atoms with E-state index in [0.29, 0.717) is 11.3 Å². The first kappa shape index (κ1) is 15.5. The predicted molar refractivity (Wildman–Crippen MR) is 75.3 cm³/mol. The molecule has 0 fully saturated rings. The Morgan fingerprint density at radius 3 is 2.47 bits per heavy atom. The fourth-order valence-corrected chi connectivity index (χ4v) is 2.23. The van der Waals surface area contributed by atoms with Crippen LogP contribution < -0.4 is 16.2 Å². The Hall–Kier alpha value is -1.60. The van der Waals surface area contributed by atoms with E-state index in [1.54, 1.807) is 6.07 Å². The fourth-order valence-electron chi connectivity index (χ4n) is 1.68. The van der Waals surface area contributed by atoms with Crippen molar-refractivity contribution < 1.29 is 13.2 Å². The molecular formula is C12H19N3O3S. The van der Waals surface area contributed by atoms with Crippen molar-refractivity contribution in [1.82, 2.24) is 5.32 Å². The number of sulfonamides is 1. The van der Waals surface area contributed by atoms with Crippen molar-refractivity contribution in [3.05, 3.63) is 28.8 Å². The summed E-state index contributed by atoms with van der Waals surface area (Å²) in [5.74, 6) is -0.416. The van der Waals surface area contributed by atoms with E-state index in [1.807, 2.05) is 19.9 Å². The molecule has 1 aromatic rings. The van der Waals surface area contributed by atoms with E-state index in [9.17, 15) is 13.2 Å². The van der Waals surface area contributed by atoms with Crippen LogP contribution in [0.2, 0.25) is 0 Å². The first-order valence-corrected chi connectivity index (χ1v) is 7.57. The zero-order chi connectivity index (χ0) is 14.6. The Morgan fingerprint density at radius 1 is 1.26 bits per heavy atom. The topological polar surface area (TPSA) is 115 Å². The van der Waals surface area contributed by atoms with Gasteiger partial charge < -0.3 is 11.1 Å². The molecule has 0 saturated carbocycles. The molecule has 1 amide bonds. The van der Waals surface area contributed by atoms with Crippen molar-refractivity contribution in [2.75, 3.05) is 18.0 Å². The Morgan fingerprint density at radius 2 is 1.89 bits per heavy atom. The average Bonchev–Trinajstić information content (AvgIpc) is 2.28. The maximum Gasteiger partial charge on any atom is 0.251 e. The summed E-state index contributed by atoms with van der Waals surface area (Å²) < 4.78 is 21.5. The highest BCUT2D eigenvalue weighted by atomic mass is 32.2. The highest BCUT2D eigenvalue weighted by Gasteiger charge is 2.11.